The molecule has 0 saturated heterocycles. The summed E-state index contributed by atoms with van der Waals surface area (Å²) in [5, 5.41) is 10.6. The third-order valence-corrected chi connectivity index (χ3v) is 5.33. The molecule has 1 aliphatic carbocycles. The Balaban J connectivity index is 1.65. The van der Waals surface area contributed by atoms with Crippen LogP contribution >= 0.6 is 22.7 Å². The van der Waals surface area contributed by atoms with Gasteiger partial charge < -0.3 is 4.74 Å². The number of thiazole rings is 1. The van der Waals surface area contributed by atoms with Crippen molar-refractivity contribution in [3.63, 3.8) is 0 Å². The number of rotatable bonds is 5. The number of esters is 1. The van der Waals surface area contributed by atoms with Crippen LogP contribution in [0.4, 0.5) is 0 Å². The van der Waals surface area contributed by atoms with Crippen LogP contribution < -0.4 is 5.32 Å². The maximum atomic E-state index is 11.8. The van der Waals surface area contributed by atoms with Crippen LogP contribution in [0.25, 0.3) is 10.6 Å². The molecular weight excluding hydrogens is 292 g/mol. The number of hydrogen-bond acceptors (Lipinski definition) is 6. The first-order chi connectivity index (χ1) is 9.73. The van der Waals surface area contributed by atoms with Gasteiger partial charge >= 0.3 is 5.97 Å². The van der Waals surface area contributed by atoms with Crippen molar-refractivity contribution in [3.8, 4) is 10.6 Å². The third kappa shape index (κ3) is 2.51. The van der Waals surface area contributed by atoms with Gasteiger partial charge in [-0.1, -0.05) is 0 Å². The van der Waals surface area contributed by atoms with E-state index >= 15 is 0 Å². The van der Waals surface area contributed by atoms with E-state index in [1.54, 1.807) is 22.7 Å². The summed E-state index contributed by atoms with van der Waals surface area (Å²) in [6.45, 7) is 0.607. The molecule has 4 nitrogen and oxygen atoms in total. The van der Waals surface area contributed by atoms with E-state index in [0.717, 1.165) is 35.5 Å². The van der Waals surface area contributed by atoms with Crippen LogP contribution in [0, 0.1) is 0 Å². The van der Waals surface area contributed by atoms with Crippen LogP contribution in [0.1, 0.15) is 25.0 Å². The van der Waals surface area contributed by atoms with Gasteiger partial charge in [0.15, 0.2) is 0 Å². The minimum atomic E-state index is -0.485. The molecule has 0 radical (unpaired) electrons. The molecule has 2 aromatic heterocycles. The Kier molecular flexibility index (Phi) is 3.87. The first kappa shape index (κ1) is 13.7. The fourth-order valence-electron chi connectivity index (χ4n) is 2.35. The van der Waals surface area contributed by atoms with E-state index in [0.29, 0.717) is 6.54 Å². The Morgan fingerprint density at radius 1 is 1.50 bits per heavy atom. The molecule has 2 heterocycles. The van der Waals surface area contributed by atoms with Crippen LogP contribution in [0.15, 0.2) is 22.2 Å². The van der Waals surface area contributed by atoms with Crippen molar-refractivity contribution in [2.24, 2.45) is 0 Å². The Bertz CT molecular complexity index is 588. The van der Waals surface area contributed by atoms with Gasteiger partial charge in [0.1, 0.15) is 10.5 Å². The molecule has 0 bridgehead atoms. The van der Waals surface area contributed by atoms with Gasteiger partial charge in [-0.15, -0.1) is 11.3 Å². The topological polar surface area (TPSA) is 51.2 Å². The molecule has 1 N–H and O–H groups in total. The largest absolute Gasteiger partial charge is 0.468 e. The molecule has 0 aromatic carbocycles. The molecule has 0 amide bonds. The van der Waals surface area contributed by atoms with E-state index in [4.69, 9.17) is 4.74 Å². The Hall–Kier alpha value is -1.24. The van der Waals surface area contributed by atoms with Gasteiger partial charge in [-0.3, -0.25) is 10.1 Å². The summed E-state index contributed by atoms with van der Waals surface area (Å²) in [6.07, 6.45) is 2.77. The maximum absolute atomic E-state index is 11.8. The third-order valence-electron chi connectivity index (χ3n) is 3.71. The lowest BCUT2D eigenvalue weighted by atomic mass is 9.76. The molecule has 0 unspecified atom stereocenters. The zero-order valence-electron chi connectivity index (χ0n) is 11.2. The van der Waals surface area contributed by atoms with E-state index in [1.165, 1.54) is 7.11 Å². The van der Waals surface area contributed by atoms with E-state index in [2.05, 4.69) is 27.1 Å². The van der Waals surface area contributed by atoms with Crippen LogP contribution in [0.5, 0.6) is 0 Å². The lowest BCUT2D eigenvalue weighted by Crippen LogP contribution is -2.57. The molecule has 1 saturated carbocycles. The Morgan fingerprint density at radius 2 is 2.35 bits per heavy atom. The van der Waals surface area contributed by atoms with E-state index in [-0.39, 0.29) is 5.97 Å². The molecule has 2 aromatic rings. The summed E-state index contributed by atoms with van der Waals surface area (Å²) < 4.78 is 4.89. The normalized spacial score (nSPS) is 16.6. The van der Waals surface area contributed by atoms with Gasteiger partial charge in [0.2, 0.25) is 0 Å². The first-order valence-corrected chi connectivity index (χ1v) is 8.36. The average molecular weight is 308 g/mol. The minimum absolute atomic E-state index is 0.156. The lowest BCUT2D eigenvalue weighted by molar-refractivity contribution is -0.152. The number of nitrogens with one attached hydrogen (secondary N) is 1. The highest BCUT2D eigenvalue weighted by Crippen LogP contribution is 2.33. The molecule has 0 atom stereocenters. The van der Waals surface area contributed by atoms with Gasteiger partial charge in [-0.05, 0) is 30.7 Å². The number of carbonyl (C=O) groups excluding carboxylic acids is 1. The highest BCUT2D eigenvalue weighted by Gasteiger charge is 2.44. The first-order valence-electron chi connectivity index (χ1n) is 6.54. The van der Waals surface area contributed by atoms with Gasteiger partial charge in [0.25, 0.3) is 0 Å². The van der Waals surface area contributed by atoms with Crippen LogP contribution in [-0.2, 0) is 16.1 Å². The monoisotopic (exact) mass is 308 g/mol. The molecule has 3 rings (SSSR count). The molecule has 0 spiro atoms. The predicted molar refractivity (Wildman–Crippen MR) is 80.9 cm³/mol. The number of thiophene rings is 1. The van der Waals surface area contributed by atoms with Gasteiger partial charge in [-0.2, -0.15) is 11.3 Å². The molecule has 1 aliphatic rings. The Morgan fingerprint density at radius 3 is 2.95 bits per heavy atom. The van der Waals surface area contributed by atoms with E-state index in [1.807, 2.05) is 5.38 Å². The second-order valence-corrected chi connectivity index (χ2v) is 6.57. The van der Waals surface area contributed by atoms with Crippen molar-refractivity contribution in [2.45, 2.75) is 31.3 Å². The van der Waals surface area contributed by atoms with Crippen molar-refractivity contribution < 1.29 is 9.53 Å². The molecule has 6 heteroatoms. The highest BCUT2D eigenvalue weighted by atomic mass is 32.1. The zero-order valence-corrected chi connectivity index (χ0v) is 12.9. The summed E-state index contributed by atoms with van der Waals surface area (Å²) in [6, 6.07) is 2.07. The number of carbonyl (C=O) groups is 1. The van der Waals surface area contributed by atoms with Crippen LogP contribution in [-0.4, -0.2) is 23.6 Å². The molecule has 1 fully saturated rings. The quantitative estimate of drug-likeness (QED) is 0.863. The van der Waals surface area contributed by atoms with Crippen molar-refractivity contribution in [1.82, 2.24) is 10.3 Å². The fourth-order valence-corrected chi connectivity index (χ4v) is 3.88. The summed E-state index contributed by atoms with van der Waals surface area (Å²) in [4.78, 5) is 16.4. The van der Waals surface area contributed by atoms with Crippen molar-refractivity contribution >= 4 is 28.6 Å². The number of nitrogens with zero attached hydrogens (tertiary/aromatic N) is 1. The van der Waals surface area contributed by atoms with Gasteiger partial charge in [0.05, 0.1) is 12.8 Å². The number of methoxy groups -OCH3 is 1. The van der Waals surface area contributed by atoms with Crippen molar-refractivity contribution in [2.75, 3.05) is 7.11 Å². The standard InChI is InChI=1S/C14H16N2O2S2/c1-18-13(17)14(4-2-5-14)15-7-11-9-20-12(16-11)10-3-6-19-8-10/h3,6,8-9,15H,2,4-5,7H2,1H3. The Labute approximate surface area is 125 Å². The summed E-state index contributed by atoms with van der Waals surface area (Å²) >= 11 is 3.31. The second kappa shape index (κ2) is 5.63. The summed E-state index contributed by atoms with van der Waals surface area (Å²) in [5.41, 5.74) is 1.66. The molecule has 20 heavy (non-hydrogen) atoms. The van der Waals surface area contributed by atoms with E-state index in [9.17, 15) is 4.79 Å². The van der Waals surface area contributed by atoms with Crippen LogP contribution in [0.2, 0.25) is 0 Å². The maximum Gasteiger partial charge on any atom is 0.326 e. The smallest absolute Gasteiger partial charge is 0.326 e. The summed E-state index contributed by atoms with van der Waals surface area (Å²) in [7, 11) is 1.45. The van der Waals surface area contributed by atoms with Crippen LogP contribution in [0.3, 0.4) is 0 Å². The fraction of sp³-hybridized carbons (Fsp3) is 0.429. The predicted octanol–water partition coefficient (Wildman–Crippen LogP) is 3.06. The number of ether oxygens (including phenoxy) is 1. The number of aromatic nitrogens is 1. The summed E-state index contributed by atoms with van der Waals surface area (Å²) in [5.74, 6) is -0.156. The second-order valence-electron chi connectivity index (χ2n) is 4.94. The van der Waals surface area contributed by atoms with Gasteiger partial charge in [-0.25, -0.2) is 4.98 Å². The molecular formula is C14H16N2O2S2. The van der Waals surface area contributed by atoms with Crippen molar-refractivity contribution in [3.05, 3.63) is 27.9 Å². The van der Waals surface area contributed by atoms with Crippen molar-refractivity contribution in [1.29, 1.82) is 0 Å². The number of hydrogen-bond donors (Lipinski definition) is 1. The van der Waals surface area contributed by atoms with Gasteiger partial charge in [0, 0.05) is 22.9 Å². The SMILES string of the molecule is COC(=O)C1(NCc2csc(-c3ccsc3)n2)CCC1. The zero-order chi connectivity index (χ0) is 14.0. The molecule has 0 aliphatic heterocycles. The van der Waals surface area contributed by atoms with E-state index < -0.39 is 5.54 Å². The minimum Gasteiger partial charge on any atom is -0.468 e. The average Bonchev–Trinajstić information content (AvgIpc) is 3.07. The highest BCUT2D eigenvalue weighted by molar-refractivity contribution is 7.14. The lowest BCUT2D eigenvalue weighted by Gasteiger charge is -2.39. The molecule has 106 valence electrons.